The van der Waals surface area contributed by atoms with Crippen molar-refractivity contribution in [1.29, 1.82) is 0 Å². The van der Waals surface area contributed by atoms with Crippen molar-refractivity contribution >= 4 is 27.6 Å². The van der Waals surface area contributed by atoms with Crippen molar-refractivity contribution in [3.05, 3.63) is 71.3 Å². The molecule has 0 atom stereocenters. The number of halogens is 2. The summed E-state index contributed by atoms with van der Waals surface area (Å²) in [5.41, 5.74) is 0.946. The van der Waals surface area contributed by atoms with Crippen LogP contribution in [-0.4, -0.2) is 23.2 Å². The zero-order valence-corrected chi connectivity index (χ0v) is 13.8. The summed E-state index contributed by atoms with van der Waals surface area (Å²) in [5.74, 6) is -0.690. The van der Waals surface area contributed by atoms with E-state index in [1.165, 1.54) is 17.0 Å². The fourth-order valence-electron chi connectivity index (χ4n) is 2.09. The Bertz CT molecular complexity index is 961. The van der Waals surface area contributed by atoms with Crippen molar-refractivity contribution in [2.45, 2.75) is 11.4 Å². The number of hydrogen-bond donors (Lipinski definition) is 1. The molecule has 0 unspecified atom stereocenters. The van der Waals surface area contributed by atoms with Gasteiger partial charge in [-0.25, -0.2) is 17.5 Å². The van der Waals surface area contributed by atoms with Crippen molar-refractivity contribution in [2.75, 3.05) is 4.72 Å². The third-order valence-corrected chi connectivity index (χ3v) is 5.03. The van der Waals surface area contributed by atoms with Crippen LogP contribution < -0.4 is 4.72 Å². The van der Waals surface area contributed by atoms with E-state index in [1.807, 2.05) is 30.3 Å². The van der Waals surface area contributed by atoms with Crippen LogP contribution in [0, 0.1) is 5.82 Å². The summed E-state index contributed by atoms with van der Waals surface area (Å²) in [5, 5.41) is 7.39. The highest BCUT2D eigenvalue weighted by Crippen LogP contribution is 2.24. The Morgan fingerprint density at radius 1 is 1.17 bits per heavy atom. The van der Waals surface area contributed by atoms with Crippen LogP contribution in [0.25, 0.3) is 0 Å². The van der Waals surface area contributed by atoms with Gasteiger partial charge < -0.3 is 0 Å². The highest BCUT2D eigenvalue weighted by molar-refractivity contribution is 7.92. The molecule has 0 spiro atoms. The Balaban J connectivity index is 1.89. The van der Waals surface area contributed by atoms with Gasteiger partial charge in [-0.15, -0.1) is 10.2 Å². The van der Waals surface area contributed by atoms with Crippen LogP contribution in [0.1, 0.15) is 5.56 Å². The number of nitrogens with zero attached hydrogens (tertiary/aromatic N) is 3. The number of anilines is 1. The van der Waals surface area contributed by atoms with Gasteiger partial charge in [-0.3, -0.25) is 4.57 Å². The van der Waals surface area contributed by atoms with Crippen molar-refractivity contribution in [3.63, 3.8) is 0 Å². The Kier molecular flexibility index (Phi) is 4.50. The summed E-state index contributed by atoms with van der Waals surface area (Å²) in [4.78, 5) is -0.363. The number of aromatic nitrogens is 3. The van der Waals surface area contributed by atoms with Gasteiger partial charge in [0.2, 0.25) is 5.95 Å². The first kappa shape index (κ1) is 16.4. The minimum absolute atomic E-state index is 0.0131. The minimum Gasteiger partial charge on any atom is -0.295 e. The van der Waals surface area contributed by atoms with Gasteiger partial charge in [-0.05, 0) is 23.8 Å². The maximum Gasteiger partial charge on any atom is 0.265 e. The van der Waals surface area contributed by atoms with E-state index in [0.717, 1.165) is 17.7 Å². The summed E-state index contributed by atoms with van der Waals surface area (Å²) in [6.07, 6.45) is 1.40. The SMILES string of the molecule is O=S(=O)(Nc1nncn1Cc1ccccc1)c1cc(F)ccc1Cl. The van der Waals surface area contributed by atoms with Crippen LogP contribution in [0.4, 0.5) is 10.3 Å². The summed E-state index contributed by atoms with van der Waals surface area (Å²) < 4.78 is 42.0. The standard InChI is InChI=1S/C15H12ClFN4O2S/c16-13-7-6-12(17)8-14(13)24(22,23)20-15-19-18-10-21(15)9-11-4-2-1-3-5-11/h1-8,10H,9H2,(H,19,20). The first-order chi connectivity index (χ1) is 11.5. The molecule has 24 heavy (non-hydrogen) atoms. The van der Waals surface area contributed by atoms with Crippen molar-refractivity contribution < 1.29 is 12.8 Å². The summed E-state index contributed by atoms with van der Waals surface area (Å²) in [6.45, 7) is 0.378. The minimum atomic E-state index is -4.10. The normalized spacial score (nSPS) is 11.4. The van der Waals surface area contributed by atoms with E-state index in [4.69, 9.17) is 11.6 Å². The molecule has 3 rings (SSSR count). The van der Waals surface area contributed by atoms with Gasteiger partial charge in [0, 0.05) is 0 Å². The molecule has 0 amide bonds. The lowest BCUT2D eigenvalue weighted by molar-refractivity contribution is 0.594. The van der Waals surface area contributed by atoms with E-state index < -0.39 is 15.8 Å². The highest BCUT2D eigenvalue weighted by atomic mass is 35.5. The number of rotatable bonds is 5. The molecule has 0 bridgehead atoms. The summed E-state index contributed by atoms with van der Waals surface area (Å²) >= 11 is 5.86. The second kappa shape index (κ2) is 6.58. The summed E-state index contributed by atoms with van der Waals surface area (Å²) in [6, 6.07) is 12.5. The van der Waals surface area contributed by atoms with Crippen molar-refractivity contribution in [1.82, 2.24) is 14.8 Å². The van der Waals surface area contributed by atoms with Gasteiger partial charge in [0.15, 0.2) is 0 Å². The smallest absolute Gasteiger partial charge is 0.265 e. The van der Waals surface area contributed by atoms with Crippen LogP contribution in [0.15, 0.2) is 59.8 Å². The van der Waals surface area contributed by atoms with Gasteiger partial charge in [0.05, 0.1) is 11.6 Å². The topological polar surface area (TPSA) is 76.9 Å². The fraction of sp³-hybridized carbons (Fsp3) is 0.0667. The zero-order valence-electron chi connectivity index (χ0n) is 12.2. The van der Waals surface area contributed by atoms with Crippen LogP contribution in [0.5, 0.6) is 0 Å². The molecule has 1 heterocycles. The Morgan fingerprint density at radius 3 is 2.67 bits per heavy atom. The van der Waals surface area contributed by atoms with E-state index in [2.05, 4.69) is 14.9 Å². The van der Waals surface area contributed by atoms with Gasteiger partial charge >= 0.3 is 0 Å². The molecule has 0 saturated heterocycles. The van der Waals surface area contributed by atoms with Crippen LogP contribution >= 0.6 is 11.6 Å². The summed E-state index contributed by atoms with van der Waals surface area (Å²) in [7, 11) is -4.10. The van der Waals surface area contributed by atoms with E-state index in [0.29, 0.717) is 6.54 Å². The second-order valence-corrected chi connectivity index (χ2v) is 7.01. The number of benzene rings is 2. The Labute approximate surface area is 143 Å². The highest BCUT2D eigenvalue weighted by Gasteiger charge is 2.21. The maximum atomic E-state index is 13.3. The Morgan fingerprint density at radius 2 is 1.92 bits per heavy atom. The zero-order chi connectivity index (χ0) is 17.2. The van der Waals surface area contributed by atoms with Gasteiger partial charge in [-0.2, -0.15) is 0 Å². The molecule has 3 aromatic rings. The quantitative estimate of drug-likeness (QED) is 0.753. The predicted octanol–water partition coefficient (Wildman–Crippen LogP) is 2.92. The van der Waals surface area contributed by atoms with E-state index >= 15 is 0 Å². The van der Waals surface area contributed by atoms with Gasteiger partial charge in [0.1, 0.15) is 17.0 Å². The molecule has 1 N–H and O–H groups in total. The molecule has 0 aliphatic heterocycles. The molecular formula is C15H12ClFN4O2S. The van der Waals surface area contributed by atoms with Crippen LogP contribution in [-0.2, 0) is 16.6 Å². The monoisotopic (exact) mass is 366 g/mol. The van der Waals surface area contributed by atoms with Crippen LogP contribution in [0.2, 0.25) is 5.02 Å². The number of nitrogens with one attached hydrogen (secondary N) is 1. The molecule has 0 aliphatic carbocycles. The van der Waals surface area contributed by atoms with Crippen molar-refractivity contribution in [2.24, 2.45) is 0 Å². The second-order valence-electron chi connectivity index (χ2n) is 4.95. The van der Waals surface area contributed by atoms with Gasteiger partial charge in [0.25, 0.3) is 10.0 Å². The molecule has 6 nitrogen and oxygen atoms in total. The lowest BCUT2D eigenvalue weighted by Gasteiger charge is -2.10. The molecule has 1 aromatic heterocycles. The number of hydrogen-bond acceptors (Lipinski definition) is 4. The molecule has 9 heteroatoms. The molecule has 124 valence electrons. The maximum absolute atomic E-state index is 13.3. The molecule has 0 saturated carbocycles. The molecular weight excluding hydrogens is 355 g/mol. The van der Waals surface area contributed by atoms with E-state index in [9.17, 15) is 12.8 Å². The predicted molar refractivity (Wildman–Crippen MR) is 87.8 cm³/mol. The fourth-order valence-corrected chi connectivity index (χ4v) is 3.61. The van der Waals surface area contributed by atoms with Crippen LogP contribution in [0.3, 0.4) is 0 Å². The molecule has 2 aromatic carbocycles. The average molecular weight is 367 g/mol. The molecule has 0 fully saturated rings. The average Bonchev–Trinajstić information content (AvgIpc) is 2.97. The molecule has 0 aliphatic rings. The van der Waals surface area contributed by atoms with E-state index in [-0.39, 0.29) is 15.9 Å². The first-order valence-corrected chi connectivity index (χ1v) is 8.71. The third kappa shape index (κ3) is 3.55. The first-order valence-electron chi connectivity index (χ1n) is 6.85. The Hall–Kier alpha value is -2.45. The van der Waals surface area contributed by atoms with Crippen molar-refractivity contribution in [3.8, 4) is 0 Å². The van der Waals surface area contributed by atoms with E-state index in [1.54, 1.807) is 0 Å². The van der Waals surface area contributed by atoms with Gasteiger partial charge in [-0.1, -0.05) is 41.9 Å². The molecule has 0 radical (unpaired) electrons. The lowest BCUT2D eigenvalue weighted by atomic mass is 10.2. The third-order valence-electron chi connectivity index (χ3n) is 3.22. The lowest BCUT2D eigenvalue weighted by Crippen LogP contribution is -2.17. The largest absolute Gasteiger partial charge is 0.295 e. The number of sulfonamides is 1.